The van der Waals surface area contributed by atoms with Crippen molar-refractivity contribution in [1.82, 2.24) is 4.31 Å². The summed E-state index contributed by atoms with van der Waals surface area (Å²) < 4.78 is 38.0. The zero-order chi connectivity index (χ0) is 11.2. The van der Waals surface area contributed by atoms with Crippen LogP contribution in [0.1, 0.15) is 0 Å². The van der Waals surface area contributed by atoms with Gasteiger partial charge in [0.25, 0.3) is 0 Å². The Bertz CT molecular complexity index is 518. The topological polar surface area (TPSA) is 49.4 Å². The smallest absolute Gasteiger partial charge is 0.248 e. The fraction of sp³-hybridized carbons (Fsp3) is 0.250. The lowest BCUT2D eigenvalue weighted by Crippen LogP contribution is -2.37. The molecule has 0 aliphatic carbocycles. The molecule has 0 saturated carbocycles. The molecule has 1 aliphatic rings. The summed E-state index contributed by atoms with van der Waals surface area (Å²) in [5.41, 5.74) is -0.0550. The van der Waals surface area contributed by atoms with Crippen molar-refractivity contribution in [1.29, 1.82) is 0 Å². The van der Waals surface area contributed by atoms with Gasteiger partial charge in [-0.15, -0.1) is 0 Å². The SMILES string of the molecule is CN1CNc2c(F)ccc(Cl)c2S1(=O)=O. The van der Waals surface area contributed by atoms with Crippen molar-refractivity contribution < 1.29 is 12.8 Å². The van der Waals surface area contributed by atoms with Gasteiger partial charge in [-0.1, -0.05) is 11.6 Å². The lowest BCUT2D eigenvalue weighted by atomic mass is 10.3. The quantitative estimate of drug-likeness (QED) is 0.759. The Kier molecular flexibility index (Phi) is 2.37. The van der Waals surface area contributed by atoms with Gasteiger partial charge in [0, 0.05) is 7.05 Å². The Balaban J connectivity index is 2.80. The fourth-order valence-electron chi connectivity index (χ4n) is 1.38. The van der Waals surface area contributed by atoms with E-state index in [9.17, 15) is 12.8 Å². The molecule has 0 atom stereocenters. The van der Waals surface area contributed by atoms with Crippen molar-refractivity contribution in [3.8, 4) is 0 Å². The van der Waals surface area contributed by atoms with Gasteiger partial charge in [-0.2, -0.15) is 4.31 Å². The van der Waals surface area contributed by atoms with Crippen LogP contribution in [0.4, 0.5) is 10.1 Å². The van der Waals surface area contributed by atoms with Crippen LogP contribution in [-0.2, 0) is 10.0 Å². The highest BCUT2D eigenvalue weighted by atomic mass is 35.5. The van der Waals surface area contributed by atoms with Crippen LogP contribution in [0, 0.1) is 5.82 Å². The number of hydrogen-bond donors (Lipinski definition) is 1. The molecule has 1 aromatic carbocycles. The third-order valence-corrected chi connectivity index (χ3v) is 4.52. The highest BCUT2D eigenvalue weighted by Gasteiger charge is 2.32. The highest BCUT2D eigenvalue weighted by molar-refractivity contribution is 7.89. The number of sulfonamides is 1. The molecule has 4 nitrogen and oxygen atoms in total. The minimum absolute atomic E-state index is 0.0189. The summed E-state index contributed by atoms with van der Waals surface area (Å²) in [4.78, 5) is -0.196. The normalized spacial score (nSPS) is 19.4. The van der Waals surface area contributed by atoms with Gasteiger partial charge < -0.3 is 5.32 Å². The van der Waals surface area contributed by atoms with Crippen molar-refractivity contribution in [3.63, 3.8) is 0 Å². The van der Waals surface area contributed by atoms with Crippen molar-refractivity contribution in [3.05, 3.63) is 23.0 Å². The predicted octanol–water partition coefficient (Wildman–Crippen LogP) is 1.48. The first-order chi connectivity index (χ1) is 6.94. The summed E-state index contributed by atoms with van der Waals surface area (Å²) in [7, 11) is -2.28. The van der Waals surface area contributed by atoms with Crippen LogP contribution >= 0.6 is 11.6 Å². The zero-order valence-electron chi connectivity index (χ0n) is 7.79. The second-order valence-corrected chi connectivity index (χ2v) is 5.56. The average molecular weight is 251 g/mol. The maximum absolute atomic E-state index is 13.3. The first-order valence-electron chi connectivity index (χ1n) is 4.13. The fourth-order valence-corrected chi connectivity index (χ4v) is 3.12. The van der Waals surface area contributed by atoms with Gasteiger partial charge in [-0.3, -0.25) is 0 Å². The van der Waals surface area contributed by atoms with E-state index in [0.717, 1.165) is 10.4 Å². The van der Waals surface area contributed by atoms with Gasteiger partial charge in [-0.05, 0) is 12.1 Å². The minimum Gasteiger partial charge on any atom is -0.368 e. The lowest BCUT2D eigenvalue weighted by molar-refractivity contribution is 0.478. The van der Waals surface area contributed by atoms with E-state index in [-0.39, 0.29) is 22.3 Å². The summed E-state index contributed by atoms with van der Waals surface area (Å²) in [5.74, 6) is -0.619. The third kappa shape index (κ3) is 1.49. The van der Waals surface area contributed by atoms with Crippen molar-refractivity contribution in [2.24, 2.45) is 0 Å². The molecule has 2 rings (SSSR count). The van der Waals surface area contributed by atoms with Gasteiger partial charge in [0.1, 0.15) is 10.7 Å². The Labute approximate surface area is 91.7 Å². The van der Waals surface area contributed by atoms with E-state index in [1.54, 1.807) is 0 Å². The summed E-state index contributed by atoms with van der Waals surface area (Å²) in [6, 6.07) is 2.36. The van der Waals surface area contributed by atoms with E-state index < -0.39 is 15.8 Å². The summed E-state index contributed by atoms with van der Waals surface area (Å²) >= 11 is 5.75. The van der Waals surface area contributed by atoms with E-state index in [0.29, 0.717) is 0 Å². The molecule has 1 N–H and O–H groups in total. The van der Waals surface area contributed by atoms with Gasteiger partial charge in [0.15, 0.2) is 0 Å². The van der Waals surface area contributed by atoms with Crippen LogP contribution in [0.25, 0.3) is 0 Å². The predicted molar refractivity (Wildman–Crippen MR) is 54.8 cm³/mol. The Hall–Kier alpha value is -0.850. The number of halogens is 2. The second kappa shape index (κ2) is 3.33. The molecule has 0 aromatic heterocycles. The minimum atomic E-state index is -3.68. The molecule has 0 spiro atoms. The van der Waals surface area contributed by atoms with Gasteiger partial charge in [0.05, 0.1) is 17.4 Å². The number of rotatable bonds is 0. The van der Waals surface area contributed by atoms with Gasteiger partial charge in [0.2, 0.25) is 10.0 Å². The monoisotopic (exact) mass is 250 g/mol. The molecule has 7 heteroatoms. The third-order valence-electron chi connectivity index (χ3n) is 2.21. The van der Waals surface area contributed by atoms with E-state index in [1.807, 2.05) is 0 Å². The van der Waals surface area contributed by atoms with Gasteiger partial charge in [-0.25, -0.2) is 12.8 Å². The highest BCUT2D eigenvalue weighted by Crippen LogP contribution is 2.35. The van der Waals surface area contributed by atoms with Crippen LogP contribution in [0.2, 0.25) is 5.02 Å². The summed E-state index contributed by atoms with van der Waals surface area (Å²) in [6.07, 6.45) is 0. The molecule has 1 heterocycles. The van der Waals surface area contributed by atoms with Crippen LogP contribution < -0.4 is 5.32 Å². The first kappa shape index (κ1) is 10.7. The summed E-state index contributed by atoms with van der Waals surface area (Å²) in [5, 5.41) is 2.68. The molecular weight excluding hydrogens is 243 g/mol. The van der Waals surface area contributed by atoms with E-state index >= 15 is 0 Å². The summed E-state index contributed by atoms with van der Waals surface area (Å²) in [6.45, 7) is 0.0343. The molecule has 0 saturated heterocycles. The van der Waals surface area contributed by atoms with Crippen LogP contribution in [0.3, 0.4) is 0 Å². The molecule has 15 heavy (non-hydrogen) atoms. The molecule has 0 fully saturated rings. The zero-order valence-corrected chi connectivity index (χ0v) is 9.36. The largest absolute Gasteiger partial charge is 0.368 e. The Morgan fingerprint density at radius 1 is 1.53 bits per heavy atom. The van der Waals surface area contributed by atoms with Crippen LogP contribution in [-0.4, -0.2) is 26.4 Å². The van der Waals surface area contributed by atoms with Crippen LogP contribution in [0.5, 0.6) is 0 Å². The number of fused-ring (bicyclic) bond motifs is 1. The van der Waals surface area contributed by atoms with E-state index in [4.69, 9.17) is 11.6 Å². The van der Waals surface area contributed by atoms with Crippen molar-refractivity contribution in [2.45, 2.75) is 4.90 Å². The number of nitrogens with one attached hydrogen (secondary N) is 1. The first-order valence-corrected chi connectivity index (χ1v) is 5.94. The standard InChI is InChI=1S/C8H8ClFN2O2S/c1-12-4-11-7-6(10)3-2-5(9)8(7)15(12,13)14/h2-3,11H,4H2,1H3. The molecule has 1 aromatic rings. The average Bonchev–Trinajstić information content (AvgIpc) is 2.16. The molecule has 82 valence electrons. The molecule has 1 aliphatic heterocycles. The molecule has 0 unspecified atom stereocenters. The van der Waals surface area contributed by atoms with Crippen molar-refractivity contribution >= 4 is 27.3 Å². The van der Waals surface area contributed by atoms with E-state index in [2.05, 4.69) is 5.32 Å². The number of hydrogen-bond acceptors (Lipinski definition) is 3. The lowest BCUT2D eigenvalue weighted by Gasteiger charge is -2.27. The Morgan fingerprint density at radius 2 is 2.20 bits per heavy atom. The molecular formula is C8H8ClFN2O2S. The Morgan fingerprint density at radius 3 is 2.87 bits per heavy atom. The van der Waals surface area contributed by atoms with Gasteiger partial charge >= 0.3 is 0 Å². The number of anilines is 1. The maximum atomic E-state index is 13.3. The molecule has 0 radical (unpaired) electrons. The second-order valence-electron chi connectivity index (χ2n) is 3.17. The maximum Gasteiger partial charge on any atom is 0.248 e. The molecule has 0 bridgehead atoms. The van der Waals surface area contributed by atoms with Crippen LogP contribution in [0.15, 0.2) is 17.0 Å². The van der Waals surface area contributed by atoms with Crippen molar-refractivity contribution in [2.75, 3.05) is 19.0 Å². The number of nitrogens with zero attached hydrogens (tertiary/aromatic N) is 1. The van der Waals surface area contributed by atoms with E-state index in [1.165, 1.54) is 13.1 Å². The molecule has 0 amide bonds. The number of benzene rings is 1.